The number of aromatic nitrogens is 1. The first-order valence-corrected chi connectivity index (χ1v) is 6.71. The van der Waals surface area contributed by atoms with Gasteiger partial charge in [-0.3, -0.25) is 0 Å². The molecule has 0 atom stereocenters. The summed E-state index contributed by atoms with van der Waals surface area (Å²) in [4.78, 5) is 4.47. The van der Waals surface area contributed by atoms with Gasteiger partial charge in [-0.2, -0.15) is 0 Å². The maximum atomic E-state index is 4.47. The van der Waals surface area contributed by atoms with Crippen LogP contribution in [0.1, 0.15) is 37.5 Å². The van der Waals surface area contributed by atoms with E-state index in [1.165, 1.54) is 16.7 Å². The maximum absolute atomic E-state index is 4.47. The quantitative estimate of drug-likeness (QED) is 0.883. The lowest BCUT2D eigenvalue weighted by atomic mass is 9.88. The molecule has 1 N–H and O–H groups in total. The number of hydrogen-bond acceptors (Lipinski definition) is 2. The molecule has 0 unspecified atom stereocenters. The van der Waals surface area contributed by atoms with E-state index in [4.69, 9.17) is 0 Å². The van der Waals surface area contributed by atoms with E-state index < -0.39 is 0 Å². The van der Waals surface area contributed by atoms with E-state index in [0.717, 1.165) is 12.4 Å². The third-order valence-electron chi connectivity index (χ3n) is 3.22. The molecule has 2 nitrogen and oxygen atoms in total. The van der Waals surface area contributed by atoms with E-state index in [1.807, 2.05) is 6.20 Å². The molecule has 0 saturated carbocycles. The van der Waals surface area contributed by atoms with Gasteiger partial charge in [-0.25, -0.2) is 4.98 Å². The highest BCUT2D eigenvalue weighted by Gasteiger charge is 2.13. The topological polar surface area (TPSA) is 24.9 Å². The first-order valence-electron chi connectivity index (χ1n) is 6.71. The second-order valence-electron chi connectivity index (χ2n) is 6.02. The molecule has 2 rings (SSSR count). The maximum Gasteiger partial charge on any atom is 0.126 e. The van der Waals surface area contributed by atoms with Gasteiger partial charge in [0.1, 0.15) is 5.82 Å². The van der Waals surface area contributed by atoms with Crippen LogP contribution in [0.25, 0.3) is 0 Å². The second-order valence-corrected chi connectivity index (χ2v) is 6.02. The normalized spacial score (nSPS) is 11.4. The van der Waals surface area contributed by atoms with Gasteiger partial charge in [-0.1, -0.05) is 56.7 Å². The van der Waals surface area contributed by atoms with Gasteiger partial charge in [0.15, 0.2) is 0 Å². The van der Waals surface area contributed by atoms with Gasteiger partial charge in [0.05, 0.1) is 0 Å². The molecule has 2 aromatic rings. The number of aryl methyl sites for hydroxylation is 1. The van der Waals surface area contributed by atoms with Gasteiger partial charge in [0.25, 0.3) is 0 Å². The van der Waals surface area contributed by atoms with Crippen LogP contribution in [0.3, 0.4) is 0 Å². The van der Waals surface area contributed by atoms with E-state index in [-0.39, 0.29) is 5.41 Å². The Kier molecular flexibility index (Phi) is 3.89. The van der Waals surface area contributed by atoms with E-state index in [9.17, 15) is 0 Å². The van der Waals surface area contributed by atoms with Crippen LogP contribution in [0.15, 0.2) is 42.6 Å². The molecule has 0 bridgehead atoms. The Labute approximate surface area is 115 Å². The van der Waals surface area contributed by atoms with Crippen molar-refractivity contribution in [2.75, 3.05) is 5.32 Å². The Balaban J connectivity index is 1.98. The van der Waals surface area contributed by atoms with E-state index in [2.05, 4.69) is 74.4 Å². The zero-order valence-corrected chi connectivity index (χ0v) is 12.2. The molecule has 1 aromatic carbocycles. The molecule has 1 heterocycles. The molecule has 0 aliphatic heterocycles. The second kappa shape index (κ2) is 5.43. The fraction of sp³-hybridized carbons (Fsp3) is 0.353. The fourth-order valence-corrected chi connectivity index (χ4v) is 1.84. The van der Waals surface area contributed by atoms with Crippen LogP contribution in [0.2, 0.25) is 0 Å². The van der Waals surface area contributed by atoms with Crippen LogP contribution in [0.4, 0.5) is 5.82 Å². The lowest BCUT2D eigenvalue weighted by Gasteiger charge is -2.18. The highest BCUT2D eigenvalue weighted by molar-refractivity contribution is 5.38. The number of rotatable bonds is 3. The monoisotopic (exact) mass is 254 g/mol. The van der Waals surface area contributed by atoms with E-state index >= 15 is 0 Å². The number of anilines is 1. The summed E-state index contributed by atoms with van der Waals surface area (Å²) >= 11 is 0. The predicted molar refractivity (Wildman–Crippen MR) is 81.4 cm³/mol. The van der Waals surface area contributed by atoms with Crippen molar-refractivity contribution in [1.82, 2.24) is 4.98 Å². The van der Waals surface area contributed by atoms with Crippen LogP contribution in [-0.2, 0) is 12.0 Å². The van der Waals surface area contributed by atoms with Gasteiger partial charge in [0.2, 0.25) is 0 Å². The van der Waals surface area contributed by atoms with Gasteiger partial charge in [0, 0.05) is 12.7 Å². The molecule has 0 fully saturated rings. The molecular weight excluding hydrogens is 232 g/mol. The van der Waals surface area contributed by atoms with Gasteiger partial charge in [-0.15, -0.1) is 0 Å². The minimum absolute atomic E-state index is 0.155. The lowest BCUT2D eigenvalue weighted by Crippen LogP contribution is -2.11. The molecule has 19 heavy (non-hydrogen) atoms. The Morgan fingerprint density at radius 2 is 1.68 bits per heavy atom. The number of nitrogens with one attached hydrogen (secondary N) is 1. The predicted octanol–water partition coefficient (Wildman–Crippen LogP) is 4.30. The molecule has 0 aliphatic rings. The summed E-state index contributed by atoms with van der Waals surface area (Å²) in [6.07, 6.45) is 1.96. The molecule has 1 aromatic heterocycles. The molecular formula is C17H22N2. The Morgan fingerprint density at radius 1 is 1.00 bits per heavy atom. The summed E-state index contributed by atoms with van der Waals surface area (Å²) in [6, 6.07) is 12.7. The first-order chi connectivity index (χ1) is 8.95. The van der Waals surface area contributed by atoms with Crippen LogP contribution >= 0.6 is 0 Å². The molecule has 0 aliphatic carbocycles. The van der Waals surface area contributed by atoms with Crippen LogP contribution in [-0.4, -0.2) is 4.98 Å². The van der Waals surface area contributed by atoms with Crippen molar-refractivity contribution in [3.05, 3.63) is 59.3 Å². The number of hydrogen-bond donors (Lipinski definition) is 1. The third kappa shape index (κ3) is 3.82. The van der Waals surface area contributed by atoms with Gasteiger partial charge in [-0.05, 0) is 29.5 Å². The Hall–Kier alpha value is -1.83. The smallest absolute Gasteiger partial charge is 0.126 e. The van der Waals surface area contributed by atoms with Crippen molar-refractivity contribution in [2.45, 2.75) is 39.7 Å². The average Bonchev–Trinajstić information content (AvgIpc) is 2.37. The SMILES string of the molecule is Cc1ccc(CNc2ccc(C(C)(C)C)cn2)cc1. The van der Waals surface area contributed by atoms with Crippen molar-refractivity contribution in [3.8, 4) is 0 Å². The first kappa shape index (κ1) is 13.6. The zero-order valence-electron chi connectivity index (χ0n) is 12.2. The molecule has 0 radical (unpaired) electrons. The van der Waals surface area contributed by atoms with Gasteiger partial charge >= 0.3 is 0 Å². The highest BCUT2D eigenvalue weighted by atomic mass is 15.0. The summed E-state index contributed by atoms with van der Waals surface area (Å²) in [7, 11) is 0. The summed E-state index contributed by atoms with van der Waals surface area (Å²) in [6.45, 7) is 9.50. The van der Waals surface area contributed by atoms with Gasteiger partial charge < -0.3 is 5.32 Å². The fourth-order valence-electron chi connectivity index (χ4n) is 1.84. The summed E-state index contributed by atoms with van der Waals surface area (Å²) in [5, 5.41) is 3.35. The van der Waals surface area contributed by atoms with Crippen molar-refractivity contribution >= 4 is 5.82 Å². The van der Waals surface area contributed by atoms with Crippen LogP contribution < -0.4 is 5.32 Å². The number of nitrogens with zero attached hydrogens (tertiary/aromatic N) is 1. The molecule has 0 saturated heterocycles. The molecule has 100 valence electrons. The highest BCUT2D eigenvalue weighted by Crippen LogP contribution is 2.22. The molecule has 0 spiro atoms. The Bertz CT molecular complexity index is 519. The van der Waals surface area contributed by atoms with Crippen molar-refractivity contribution in [1.29, 1.82) is 0 Å². The number of benzene rings is 1. The summed E-state index contributed by atoms with van der Waals surface area (Å²) < 4.78 is 0. The number of pyridine rings is 1. The Morgan fingerprint density at radius 3 is 2.21 bits per heavy atom. The van der Waals surface area contributed by atoms with Crippen molar-refractivity contribution in [2.24, 2.45) is 0 Å². The third-order valence-corrected chi connectivity index (χ3v) is 3.22. The summed E-state index contributed by atoms with van der Waals surface area (Å²) in [5.41, 5.74) is 3.97. The van der Waals surface area contributed by atoms with E-state index in [1.54, 1.807) is 0 Å². The van der Waals surface area contributed by atoms with E-state index in [0.29, 0.717) is 0 Å². The standard InChI is InChI=1S/C17H22N2/c1-13-5-7-14(8-6-13)11-18-16-10-9-15(12-19-16)17(2,3)4/h5-10,12H,11H2,1-4H3,(H,18,19). The molecule has 0 amide bonds. The van der Waals surface area contributed by atoms with Crippen molar-refractivity contribution in [3.63, 3.8) is 0 Å². The summed E-state index contributed by atoms with van der Waals surface area (Å²) in [5.74, 6) is 0.925. The largest absolute Gasteiger partial charge is 0.366 e. The zero-order chi connectivity index (χ0) is 13.9. The minimum atomic E-state index is 0.155. The minimum Gasteiger partial charge on any atom is -0.366 e. The van der Waals surface area contributed by atoms with Crippen LogP contribution in [0, 0.1) is 6.92 Å². The van der Waals surface area contributed by atoms with Crippen molar-refractivity contribution < 1.29 is 0 Å². The average molecular weight is 254 g/mol. The van der Waals surface area contributed by atoms with Crippen LogP contribution in [0.5, 0.6) is 0 Å². The lowest BCUT2D eigenvalue weighted by molar-refractivity contribution is 0.587. The molecule has 2 heteroatoms.